The molecule has 1 unspecified atom stereocenters. The first-order chi connectivity index (χ1) is 12.6. The molecule has 0 N–H and O–H groups in total. The Balaban J connectivity index is 2.52. The van der Waals surface area contributed by atoms with Gasteiger partial charge in [0.15, 0.2) is 7.00 Å². The number of hydrogen-bond donors (Lipinski definition) is 0. The molecule has 2 aromatic rings. The van der Waals surface area contributed by atoms with E-state index in [0.717, 1.165) is 29.6 Å². The Labute approximate surface area is 162 Å². The lowest BCUT2D eigenvalue weighted by Gasteiger charge is -2.14. The summed E-state index contributed by atoms with van der Waals surface area (Å²) in [6.07, 6.45) is -2.63. The Morgan fingerprint density at radius 3 is 2.41 bits per heavy atom. The molecule has 1 atom stereocenters. The first kappa shape index (κ1) is 21.6. The number of nitrogens with zero attached hydrogens (tertiary/aromatic N) is 1. The minimum absolute atomic E-state index is 0.0211. The van der Waals surface area contributed by atoms with Crippen molar-refractivity contribution in [3.63, 3.8) is 0 Å². The van der Waals surface area contributed by atoms with Gasteiger partial charge in [0.1, 0.15) is 11.5 Å². The minimum Gasteiger partial charge on any atom is -0.455 e. The van der Waals surface area contributed by atoms with Gasteiger partial charge in [-0.25, -0.2) is 0 Å². The summed E-state index contributed by atoms with van der Waals surface area (Å²) in [6.45, 7) is 1.73. The molecule has 0 aliphatic heterocycles. The van der Waals surface area contributed by atoms with E-state index in [9.17, 15) is 27.9 Å². The molecular formula is C16H14ClF3NO4PS. The van der Waals surface area contributed by atoms with Crippen molar-refractivity contribution in [3.8, 4) is 11.5 Å². The fraction of sp³-hybridized carbons (Fsp3) is 0.250. The third-order valence-electron chi connectivity index (χ3n) is 3.64. The van der Waals surface area contributed by atoms with E-state index in [2.05, 4.69) is 0 Å². The second-order valence-corrected chi connectivity index (χ2v) is 9.59. The second-order valence-electron chi connectivity index (χ2n) is 5.32. The van der Waals surface area contributed by atoms with Gasteiger partial charge in [0, 0.05) is 11.6 Å². The summed E-state index contributed by atoms with van der Waals surface area (Å²) in [5, 5.41) is 11.0. The fourth-order valence-electron chi connectivity index (χ4n) is 2.29. The normalized spacial score (nSPS) is 12.7. The van der Waals surface area contributed by atoms with Crippen LogP contribution < -0.4 is 10.0 Å². The van der Waals surface area contributed by atoms with Crippen LogP contribution in [0.25, 0.3) is 0 Å². The van der Waals surface area contributed by atoms with Gasteiger partial charge in [-0.1, -0.05) is 29.9 Å². The smallest absolute Gasteiger partial charge is 0.416 e. The van der Waals surface area contributed by atoms with Crippen LogP contribution in [0.4, 0.5) is 18.9 Å². The first-order valence-electron chi connectivity index (χ1n) is 7.52. The summed E-state index contributed by atoms with van der Waals surface area (Å²) in [5.41, 5.74) is -0.763. The number of nitro benzene ring substituents is 1. The zero-order chi connectivity index (χ0) is 20.4. The van der Waals surface area contributed by atoms with Gasteiger partial charge in [-0.15, -0.1) is 0 Å². The second kappa shape index (κ2) is 8.54. The predicted octanol–water partition coefficient (Wildman–Crippen LogP) is 6.08. The molecule has 5 nitrogen and oxygen atoms in total. The molecule has 0 spiro atoms. The molecule has 27 heavy (non-hydrogen) atoms. The third kappa shape index (κ3) is 4.97. The van der Waals surface area contributed by atoms with Crippen LogP contribution in [0.1, 0.15) is 18.1 Å². The van der Waals surface area contributed by atoms with E-state index in [0.29, 0.717) is 12.0 Å². The zero-order valence-corrected chi connectivity index (χ0v) is 16.7. The molecule has 0 saturated heterocycles. The van der Waals surface area contributed by atoms with E-state index >= 15 is 0 Å². The Morgan fingerprint density at radius 2 is 1.93 bits per heavy atom. The average Bonchev–Trinajstić information content (AvgIpc) is 2.61. The van der Waals surface area contributed by atoms with Gasteiger partial charge in [0.25, 0.3) is 5.69 Å². The Kier molecular flexibility index (Phi) is 6.83. The fourth-order valence-corrected chi connectivity index (χ4v) is 4.50. The van der Waals surface area contributed by atoms with Crippen LogP contribution in [0.5, 0.6) is 11.5 Å². The number of rotatable bonds is 6. The monoisotopic (exact) mass is 439 g/mol. The summed E-state index contributed by atoms with van der Waals surface area (Å²) >= 11 is 6.88. The Hall–Kier alpha value is -1.70. The molecule has 2 aromatic carbocycles. The number of aryl methyl sites for hydroxylation is 1. The number of ether oxygens (including phenoxy) is 1. The first-order valence-corrected chi connectivity index (χ1v) is 11.3. The summed E-state index contributed by atoms with van der Waals surface area (Å²) in [6, 6.07) is 5.19. The van der Waals surface area contributed by atoms with Crippen molar-refractivity contribution >= 4 is 41.0 Å². The van der Waals surface area contributed by atoms with E-state index in [1.54, 1.807) is 13.2 Å². The quantitative estimate of drug-likeness (QED) is 0.310. The van der Waals surface area contributed by atoms with Gasteiger partial charge < -0.3 is 9.30 Å². The molecule has 0 radical (unpaired) electrons. The molecule has 2 rings (SSSR count). The maximum atomic E-state index is 12.7. The van der Waals surface area contributed by atoms with Crippen LogP contribution in [-0.4, -0.2) is 11.2 Å². The molecule has 0 aliphatic carbocycles. The minimum atomic E-state index is -4.55. The van der Waals surface area contributed by atoms with Crippen molar-refractivity contribution in [2.24, 2.45) is 0 Å². The number of halogens is 4. The highest BCUT2D eigenvalue weighted by Crippen LogP contribution is 2.42. The van der Waals surface area contributed by atoms with Gasteiger partial charge in [-0.05, 0) is 36.9 Å². The number of hydrogen-bond acceptors (Lipinski definition) is 5. The van der Waals surface area contributed by atoms with Crippen LogP contribution in [0, 0.1) is 10.1 Å². The molecule has 0 aliphatic rings. The molecule has 0 bridgehead atoms. The van der Waals surface area contributed by atoms with Crippen molar-refractivity contribution in [2.45, 2.75) is 19.5 Å². The molecule has 0 aromatic heterocycles. The van der Waals surface area contributed by atoms with Crippen LogP contribution >= 0.6 is 30.0 Å². The third-order valence-corrected chi connectivity index (χ3v) is 6.92. The highest BCUT2D eigenvalue weighted by molar-refractivity contribution is 8.53. The Bertz CT molecular complexity index is 908. The zero-order valence-electron chi connectivity index (χ0n) is 14.1. The van der Waals surface area contributed by atoms with E-state index in [4.69, 9.17) is 16.3 Å². The average molecular weight is 440 g/mol. The van der Waals surface area contributed by atoms with Gasteiger partial charge in [-0.3, -0.25) is 10.1 Å². The van der Waals surface area contributed by atoms with Crippen molar-refractivity contribution in [1.29, 1.82) is 0 Å². The maximum absolute atomic E-state index is 12.7. The lowest BCUT2D eigenvalue weighted by atomic mass is 10.1. The van der Waals surface area contributed by atoms with E-state index in [1.807, 2.05) is 0 Å². The maximum Gasteiger partial charge on any atom is 0.416 e. The summed E-state index contributed by atoms with van der Waals surface area (Å²) in [4.78, 5) is 10.6. The molecule has 0 saturated carbocycles. The van der Waals surface area contributed by atoms with Crippen molar-refractivity contribution in [1.82, 2.24) is 0 Å². The van der Waals surface area contributed by atoms with E-state index in [-0.39, 0.29) is 27.5 Å². The highest BCUT2D eigenvalue weighted by Gasteiger charge is 2.31. The molecule has 0 fully saturated rings. The van der Waals surface area contributed by atoms with Crippen LogP contribution in [0.3, 0.4) is 0 Å². The summed E-state index contributed by atoms with van der Waals surface area (Å²) < 4.78 is 56.1. The van der Waals surface area contributed by atoms with E-state index < -0.39 is 23.7 Å². The lowest BCUT2D eigenvalue weighted by molar-refractivity contribution is -0.383. The van der Waals surface area contributed by atoms with E-state index in [1.165, 1.54) is 12.1 Å². The number of nitro groups is 1. The number of alkyl halides is 3. The molecule has 146 valence electrons. The van der Waals surface area contributed by atoms with Gasteiger partial charge in [0.05, 0.1) is 20.8 Å². The van der Waals surface area contributed by atoms with Gasteiger partial charge in [0.2, 0.25) is 0 Å². The predicted molar refractivity (Wildman–Crippen MR) is 101 cm³/mol. The van der Waals surface area contributed by atoms with Gasteiger partial charge >= 0.3 is 6.18 Å². The molecule has 11 heteroatoms. The van der Waals surface area contributed by atoms with Crippen molar-refractivity contribution in [3.05, 3.63) is 56.6 Å². The lowest BCUT2D eigenvalue weighted by Crippen LogP contribution is -2.08. The Morgan fingerprint density at radius 1 is 1.26 bits per heavy atom. The van der Waals surface area contributed by atoms with Crippen LogP contribution in [-0.2, 0) is 17.2 Å². The van der Waals surface area contributed by atoms with Crippen LogP contribution in [0.2, 0.25) is 5.02 Å². The highest BCUT2D eigenvalue weighted by atomic mass is 35.5. The molecule has 0 amide bonds. The van der Waals surface area contributed by atoms with Crippen molar-refractivity contribution < 1.29 is 27.4 Å². The molecular weight excluding hydrogens is 426 g/mol. The summed E-state index contributed by atoms with van der Waals surface area (Å²) in [7, 11) is -2.49. The molecule has 0 heterocycles. The largest absolute Gasteiger partial charge is 0.455 e. The van der Waals surface area contributed by atoms with Gasteiger partial charge in [-0.2, -0.15) is 13.2 Å². The summed E-state index contributed by atoms with van der Waals surface area (Å²) in [5.74, 6) is 0.121. The van der Waals surface area contributed by atoms with Crippen LogP contribution in [0.15, 0.2) is 30.3 Å². The topological polar surface area (TPSA) is 69.4 Å². The van der Waals surface area contributed by atoms with Crippen molar-refractivity contribution in [2.75, 3.05) is 6.26 Å². The number of benzene rings is 2. The standard InChI is InChI=1S/C16H14ClF3NO4PS/c1-3-9-6-12(21(22)23)15(26(24)27-2)8-14(9)25-13-5-4-10(7-11(13)17)16(18,19)20/h4-8,26H,3H2,1-2H3. The SMILES string of the molecule is CCc1cc([N+](=O)[O-])c([PH](=O)SC)cc1Oc1ccc(C(F)(F)F)cc1Cl.